The summed E-state index contributed by atoms with van der Waals surface area (Å²) < 4.78 is 7.20. The van der Waals surface area contributed by atoms with Gasteiger partial charge in [-0.15, -0.1) is 0 Å². The van der Waals surface area contributed by atoms with E-state index in [9.17, 15) is 4.79 Å². The Kier molecular flexibility index (Phi) is 5.43. The van der Waals surface area contributed by atoms with E-state index in [2.05, 4.69) is 10.4 Å². The molecule has 1 aromatic carbocycles. The summed E-state index contributed by atoms with van der Waals surface area (Å²) in [5.41, 5.74) is 0. The summed E-state index contributed by atoms with van der Waals surface area (Å²) >= 11 is 5.77. The van der Waals surface area contributed by atoms with E-state index in [-0.39, 0.29) is 5.91 Å². The van der Waals surface area contributed by atoms with E-state index >= 15 is 0 Å². The molecule has 0 saturated heterocycles. The quantitative estimate of drug-likeness (QED) is 0.796. The van der Waals surface area contributed by atoms with Crippen molar-refractivity contribution in [1.82, 2.24) is 15.1 Å². The van der Waals surface area contributed by atoms with Crippen molar-refractivity contribution in [2.75, 3.05) is 13.2 Å². The summed E-state index contributed by atoms with van der Waals surface area (Å²) in [6.45, 7) is 1.48. The molecule has 0 bridgehead atoms. The average Bonchev–Trinajstić information content (AvgIpc) is 2.96. The summed E-state index contributed by atoms with van der Waals surface area (Å²) in [7, 11) is 0. The Morgan fingerprint density at radius 2 is 2.15 bits per heavy atom. The molecule has 0 unspecified atom stereocenters. The zero-order valence-corrected chi connectivity index (χ0v) is 11.7. The van der Waals surface area contributed by atoms with E-state index in [0.717, 1.165) is 5.75 Å². The molecule has 20 heavy (non-hydrogen) atoms. The van der Waals surface area contributed by atoms with Crippen molar-refractivity contribution < 1.29 is 9.53 Å². The number of rotatable bonds is 7. The van der Waals surface area contributed by atoms with Crippen LogP contribution in [0.1, 0.15) is 6.42 Å². The van der Waals surface area contributed by atoms with Crippen molar-refractivity contribution in [3.8, 4) is 5.75 Å². The monoisotopic (exact) mass is 293 g/mol. The number of nitrogens with one attached hydrogen (secondary N) is 1. The van der Waals surface area contributed by atoms with E-state index in [1.807, 2.05) is 12.3 Å². The number of nitrogens with zero attached hydrogens (tertiary/aromatic N) is 2. The summed E-state index contributed by atoms with van der Waals surface area (Å²) in [5.74, 6) is 0.723. The van der Waals surface area contributed by atoms with Gasteiger partial charge in [-0.25, -0.2) is 0 Å². The lowest BCUT2D eigenvalue weighted by Gasteiger charge is -2.08. The topological polar surface area (TPSA) is 56.2 Å². The second-order valence-electron chi connectivity index (χ2n) is 4.17. The highest BCUT2D eigenvalue weighted by molar-refractivity contribution is 6.30. The van der Waals surface area contributed by atoms with E-state index in [0.29, 0.717) is 31.1 Å². The van der Waals surface area contributed by atoms with Crippen molar-refractivity contribution in [3.63, 3.8) is 0 Å². The zero-order valence-electron chi connectivity index (χ0n) is 11.0. The van der Waals surface area contributed by atoms with Crippen LogP contribution < -0.4 is 10.1 Å². The molecule has 1 amide bonds. The van der Waals surface area contributed by atoms with E-state index < -0.39 is 0 Å². The fourth-order valence-corrected chi connectivity index (χ4v) is 1.75. The SMILES string of the molecule is O=C(CCn1cccn1)NCCOc1ccc(Cl)cc1. The van der Waals surface area contributed by atoms with E-state index in [4.69, 9.17) is 16.3 Å². The smallest absolute Gasteiger partial charge is 0.221 e. The normalized spacial score (nSPS) is 10.2. The number of benzene rings is 1. The molecular formula is C14H16ClN3O2. The molecule has 1 aromatic heterocycles. The number of aromatic nitrogens is 2. The molecule has 0 aliphatic heterocycles. The van der Waals surface area contributed by atoms with Gasteiger partial charge in [0.05, 0.1) is 6.54 Å². The second-order valence-corrected chi connectivity index (χ2v) is 4.61. The number of carbonyl (C=O) groups excluding carboxylic acids is 1. The van der Waals surface area contributed by atoms with Gasteiger partial charge in [0.1, 0.15) is 12.4 Å². The number of hydrogen-bond donors (Lipinski definition) is 1. The van der Waals surface area contributed by atoms with Gasteiger partial charge >= 0.3 is 0 Å². The van der Waals surface area contributed by atoms with Crippen LogP contribution in [0.5, 0.6) is 5.75 Å². The highest BCUT2D eigenvalue weighted by atomic mass is 35.5. The molecule has 0 aliphatic rings. The summed E-state index contributed by atoms with van der Waals surface area (Å²) in [6.07, 6.45) is 3.93. The van der Waals surface area contributed by atoms with Crippen LogP contribution in [-0.4, -0.2) is 28.8 Å². The van der Waals surface area contributed by atoms with Crippen LogP contribution in [0.15, 0.2) is 42.7 Å². The molecule has 2 rings (SSSR count). The summed E-state index contributed by atoms with van der Waals surface area (Å²) in [5, 5.41) is 7.50. The van der Waals surface area contributed by atoms with Gasteiger partial charge < -0.3 is 10.1 Å². The molecule has 0 saturated carbocycles. The van der Waals surface area contributed by atoms with Crippen LogP contribution in [0.2, 0.25) is 5.02 Å². The van der Waals surface area contributed by atoms with E-state index in [1.54, 1.807) is 35.1 Å². The average molecular weight is 294 g/mol. The minimum atomic E-state index is -0.0137. The molecular weight excluding hydrogens is 278 g/mol. The standard InChI is InChI=1S/C14H16ClN3O2/c15-12-2-4-13(5-3-12)20-11-8-16-14(19)6-10-18-9-1-7-17-18/h1-5,7,9H,6,8,10-11H2,(H,16,19). The summed E-state index contributed by atoms with van der Waals surface area (Å²) in [6, 6.07) is 8.95. The molecule has 0 spiro atoms. The Morgan fingerprint density at radius 1 is 1.35 bits per heavy atom. The van der Waals surface area contributed by atoms with Gasteiger partial charge in [-0.1, -0.05) is 11.6 Å². The van der Waals surface area contributed by atoms with Crippen molar-refractivity contribution in [1.29, 1.82) is 0 Å². The maximum absolute atomic E-state index is 11.6. The van der Waals surface area contributed by atoms with Crippen molar-refractivity contribution in [3.05, 3.63) is 47.7 Å². The highest BCUT2D eigenvalue weighted by Gasteiger charge is 2.01. The molecule has 2 aromatic rings. The van der Waals surface area contributed by atoms with Crippen molar-refractivity contribution in [2.24, 2.45) is 0 Å². The predicted molar refractivity (Wildman–Crippen MR) is 76.8 cm³/mol. The maximum Gasteiger partial charge on any atom is 0.221 e. The number of carbonyl (C=O) groups is 1. The van der Waals surface area contributed by atoms with Crippen LogP contribution in [0.3, 0.4) is 0 Å². The summed E-state index contributed by atoms with van der Waals surface area (Å²) in [4.78, 5) is 11.6. The number of aryl methyl sites for hydroxylation is 1. The van der Waals surface area contributed by atoms with Crippen molar-refractivity contribution >= 4 is 17.5 Å². The van der Waals surface area contributed by atoms with Gasteiger partial charge in [0.25, 0.3) is 0 Å². The molecule has 5 nitrogen and oxygen atoms in total. The molecule has 1 heterocycles. The van der Waals surface area contributed by atoms with Gasteiger partial charge in [-0.2, -0.15) is 5.10 Å². The highest BCUT2D eigenvalue weighted by Crippen LogP contribution is 2.14. The fraction of sp³-hybridized carbons (Fsp3) is 0.286. The number of amides is 1. The van der Waals surface area contributed by atoms with Crippen LogP contribution >= 0.6 is 11.6 Å². The molecule has 6 heteroatoms. The first-order chi connectivity index (χ1) is 9.74. The molecule has 0 aliphatic carbocycles. The maximum atomic E-state index is 11.6. The fourth-order valence-electron chi connectivity index (χ4n) is 1.63. The van der Waals surface area contributed by atoms with Crippen LogP contribution in [0.25, 0.3) is 0 Å². The predicted octanol–water partition coefficient (Wildman–Crippen LogP) is 2.12. The Morgan fingerprint density at radius 3 is 2.85 bits per heavy atom. The Bertz CT molecular complexity index is 526. The lowest BCUT2D eigenvalue weighted by Crippen LogP contribution is -2.28. The van der Waals surface area contributed by atoms with E-state index in [1.165, 1.54) is 0 Å². The first kappa shape index (κ1) is 14.4. The lowest BCUT2D eigenvalue weighted by atomic mass is 10.3. The second kappa shape index (κ2) is 7.55. The van der Waals surface area contributed by atoms with Gasteiger partial charge in [0.2, 0.25) is 5.91 Å². The third kappa shape index (κ3) is 4.93. The molecule has 0 fully saturated rings. The van der Waals surface area contributed by atoms with Gasteiger partial charge in [-0.05, 0) is 30.3 Å². The van der Waals surface area contributed by atoms with Crippen LogP contribution in [-0.2, 0) is 11.3 Å². The van der Waals surface area contributed by atoms with Crippen molar-refractivity contribution in [2.45, 2.75) is 13.0 Å². The first-order valence-corrected chi connectivity index (χ1v) is 6.74. The number of ether oxygens (including phenoxy) is 1. The number of hydrogen-bond acceptors (Lipinski definition) is 3. The van der Waals surface area contributed by atoms with Crippen LogP contribution in [0, 0.1) is 0 Å². The third-order valence-electron chi connectivity index (χ3n) is 2.63. The molecule has 1 N–H and O–H groups in total. The molecule has 106 valence electrons. The lowest BCUT2D eigenvalue weighted by molar-refractivity contribution is -0.121. The number of halogens is 1. The Labute approximate surface area is 122 Å². The third-order valence-corrected chi connectivity index (χ3v) is 2.89. The minimum absolute atomic E-state index is 0.0137. The minimum Gasteiger partial charge on any atom is -0.492 e. The molecule has 0 atom stereocenters. The zero-order chi connectivity index (χ0) is 14.2. The Balaban J connectivity index is 1.58. The first-order valence-electron chi connectivity index (χ1n) is 6.36. The van der Waals surface area contributed by atoms with Gasteiger partial charge in [-0.3, -0.25) is 9.48 Å². The van der Waals surface area contributed by atoms with Gasteiger partial charge in [0, 0.05) is 30.4 Å². The van der Waals surface area contributed by atoms with Gasteiger partial charge in [0.15, 0.2) is 0 Å². The largest absolute Gasteiger partial charge is 0.492 e. The van der Waals surface area contributed by atoms with Crippen LogP contribution in [0.4, 0.5) is 0 Å². The Hall–Kier alpha value is -2.01. The molecule has 0 radical (unpaired) electrons.